The summed E-state index contributed by atoms with van der Waals surface area (Å²) in [6.45, 7) is 0. The van der Waals surface area contributed by atoms with Crippen molar-refractivity contribution in [3.05, 3.63) is 35.1 Å². The smallest absolute Gasteiger partial charge is 0.337 e. The lowest BCUT2D eigenvalue weighted by Crippen LogP contribution is -2.02. The Morgan fingerprint density at radius 3 is 2.88 bits per heavy atom. The van der Waals surface area contributed by atoms with Gasteiger partial charge in [-0.15, -0.1) is 0 Å². The Balaban J connectivity index is 2.93. The van der Waals surface area contributed by atoms with Crippen LogP contribution in [0.25, 0.3) is 0 Å². The molecule has 2 nitrogen and oxygen atoms in total. The second kappa shape index (κ2) is 6.19. The van der Waals surface area contributed by atoms with Gasteiger partial charge in [-0.25, -0.2) is 9.18 Å². The lowest BCUT2D eigenvalue weighted by molar-refractivity contribution is 0.0600. The van der Waals surface area contributed by atoms with Crippen LogP contribution in [-0.2, 0) is 4.74 Å². The maximum Gasteiger partial charge on any atom is 0.337 e. The highest BCUT2D eigenvalue weighted by Gasteiger charge is 2.08. The molecule has 0 aliphatic carbocycles. The van der Waals surface area contributed by atoms with Crippen LogP contribution in [0.15, 0.2) is 18.2 Å². The van der Waals surface area contributed by atoms with Crippen LogP contribution in [0, 0.1) is 17.7 Å². The lowest BCUT2D eigenvalue weighted by Gasteiger charge is -2.00. The third-order valence-corrected chi connectivity index (χ3v) is 2.07. The number of benzene rings is 1. The van der Waals surface area contributed by atoms with Crippen molar-refractivity contribution in [1.29, 1.82) is 0 Å². The maximum atomic E-state index is 13.4. The molecule has 0 radical (unpaired) electrons. The minimum atomic E-state index is -0.561. The molecule has 0 aliphatic rings. The molecule has 16 heavy (non-hydrogen) atoms. The summed E-state index contributed by atoms with van der Waals surface area (Å²) in [5.41, 5.74) is 0.453. The number of hydrogen-bond acceptors (Lipinski definition) is 3. The Hall–Kier alpha value is -1.47. The van der Waals surface area contributed by atoms with Gasteiger partial charge < -0.3 is 4.74 Å². The van der Waals surface area contributed by atoms with E-state index in [4.69, 9.17) is 0 Å². The molecular weight excluding hydrogens is 227 g/mol. The fourth-order valence-corrected chi connectivity index (χ4v) is 1.19. The van der Waals surface area contributed by atoms with Gasteiger partial charge in [0.1, 0.15) is 5.82 Å². The topological polar surface area (TPSA) is 26.3 Å². The number of rotatable bonds is 2. The number of carbonyl (C=O) groups excluding carboxylic acids is 1. The molecule has 0 N–H and O–H groups in total. The van der Waals surface area contributed by atoms with Gasteiger partial charge in [0.15, 0.2) is 0 Å². The predicted molar refractivity (Wildman–Crippen MR) is 63.1 cm³/mol. The first kappa shape index (κ1) is 12.6. The predicted octanol–water partition coefficient (Wildman–Crippen LogP) is 2.28. The highest BCUT2D eigenvalue weighted by molar-refractivity contribution is 7.80. The molecule has 4 heteroatoms. The van der Waals surface area contributed by atoms with E-state index in [1.165, 1.54) is 19.2 Å². The molecule has 0 amide bonds. The largest absolute Gasteiger partial charge is 0.465 e. The molecule has 0 unspecified atom stereocenters. The Morgan fingerprint density at radius 2 is 2.31 bits per heavy atom. The normalized spacial score (nSPS) is 9.19. The SMILES string of the molecule is COC(=O)c1ccc(C#CCCS)c(F)c1. The van der Waals surface area contributed by atoms with Gasteiger partial charge in [0.25, 0.3) is 0 Å². The van der Waals surface area contributed by atoms with E-state index in [2.05, 4.69) is 29.2 Å². The van der Waals surface area contributed by atoms with Crippen molar-refractivity contribution in [2.75, 3.05) is 12.9 Å². The van der Waals surface area contributed by atoms with Gasteiger partial charge in [0.2, 0.25) is 0 Å². The molecule has 0 heterocycles. The van der Waals surface area contributed by atoms with Crippen LogP contribution in [-0.4, -0.2) is 18.8 Å². The first-order valence-electron chi connectivity index (χ1n) is 4.66. The third kappa shape index (κ3) is 3.28. The number of halogens is 1. The molecule has 0 saturated heterocycles. The van der Waals surface area contributed by atoms with Gasteiger partial charge in [0, 0.05) is 12.2 Å². The zero-order chi connectivity index (χ0) is 12.0. The third-order valence-electron chi connectivity index (χ3n) is 1.85. The molecule has 0 fully saturated rings. The van der Waals surface area contributed by atoms with Gasteiger partial charge in [-0.05, 0) is 18.2 Å². The summed E-state index contributed by atoms with van der Waals surface area (Å²) in [7, 11) is 1.25. The first-order chi connectivity index (χ1) is 7.69. The number of ether oxygens (including phenoxy) is 1. The highest BCUT2D eigenvalue weighted by atomic mass is 32.1. The highest BCUT2D eigenvalue weighted by Crippen LogP contribution is 2.10. The Labute approximate surface area is 99.2 Å². The van der Waals surface area contributed by atoms with E-state index in [-0.39, 0.29) is 11.1 Å². The van der Waals surface area contributed by atoms with E-state index < -0.39 is 11.8 Å². The van der Waals surface area contributed by atoms with Crippen LogP contribution in [0.2, 0.25) is 0 Å². The first-order valence-corrected chi connectivity index (χ1v) is 5.30. The molecule has 1 rings (SSSR count). The number of hydrogen-bond donors (Lipinski definition) is 1. The summed E-state index contributed by atoms with van der Waals surface area (Å²) in [4.78, 5) is 11.1. The number of thiol groups is 1. The van der Waals surface area contributed by atoms with Crippen LogP contribution in [0.1, 0.15) is 22.3 Å². The van der Waals surface area contributed by atoms with Crippen molar-refractivity contribution in [2.24, 2.45) is 0 Å². The van der Waals surface area contributed by atoms with Crippen molar-refractivity contribution in [3.8, 4) is 11.8 Å². The average molecular weight is 238 g/mol. The summed E-state index contributed by atoms with van der Waals surface area (Å²) >= 11 is 3.99. The minimum absolute atomic E-state index is 0.180. The minimum Gasteiger partial charge on any atom is -0.465 e. The van der Waals surface area contributed by atoms with Gasteiger partial charge in [-0.2, -0.15) is 12.6 Å². The molecule has 0 aliphatic heterocycles. The van der Waals surface area contributed by atoms with E-state index in [1.807, 2.05) is 0 Å². The van der Waals surface area contributed by atoms with Crippen molar-refractivity contribution < 1.29 is 13.9 Å². The van der Waals surface area contributed by atoms with Crippen LogP contribution < -0.4 is 0 Å². The van der Waals surface area contributed by atoms with Crippen molar-refractivity contribution in [2.45, 2.75) is 6.42 Å². The Kier molecular flexibility index (Phi) is 4.87. The van der Waals surface area contributed by atoms with Crippen molar-refractivity contribution >= 4 is 18.6 Å². The lowest BCUT2D eigenvalue weighted by atomic mass is 10.1. The molecule has 1 aromatic carbocycles. The Bertz CT molecular complexity index is 446. The van der Waals surface area contributed by atoms with Crippen LogP contribution in [0.4, 0.5) is 4.39 Å². The fourth-order valence-electron chi connectivity index (χ4n) is 1.07. The zero-order valence-corrected chi connectivity index (χ0v) is 9.68. The van der Waals surface area contributed by atoms with Crippen molar-refractivity contribution in [1.82, 2.24) is 0 Å². The van der Waals surface area contributed by atoms with E-state index in [1.54, 1.807) is 0 Å². The zero-order valence-electron chi connectivity index (χ0n) is 8.79. The molecule has 1 aromatic rings. The fraction of sp³-hybridized carbons (Fsp3) is 0.250. The summed E-state index contributed by atoms with van der Waals surface area (Å²) in [6, 6.07) is 4.07. The number of carbonyl (C=O) groups is 1. The molecule has 0 spiro atoms. The van der Waals surface area contributed by atoms with E-state index in [0.717, 1.165) is 6.07 Å². The van der Waals surface area contributed by atoms with Crippen molar-refractivity contribution in [3.63, 3.8) is 0 Å². The van der Waals surface area contributed by atoms with Gasteiger partial charge >= 0.3 is 5.97 Å². The Morgan fingerprint density at radius 1 is 1.56 bits per heavy atom. The molecule has 0 aromatic heterocycles. The second-order valence-corrected chi connectivity index (χ2v) is 3.41. The summed E-state index contributed by atoms with van der Waals surface area (Å²) in [6.07, 6.45) is 0.599. The van der Waals surface area contributed by atoms with E-state index in [9.17, 15) is 9.18 Å². The van der Waals surface area contributed by atoms with Crippen LogP contribution in [0.5, 0.6) is 0 Å². The van der Waals surface area contributed by atoms with E-state index in [0.29, 0.717) is 12.2 Å². The number of methoxy groups -OCH3 is 1. The number of esters is 1. The summed E-state index contributed by atoms with van der Waals surface area (Å²) in [5, 5.41) is 0. The van der Waals surface area contributed by atoms with Crippen LogP contribution >= 0.6 is 12.6 Å². The molecule has 0 bridgehead atoms. The van der Waals surface area contributed by atoms with Gasteiger partial charge in [-0.3, -0.25) is 0 Å². The molecule has 0 saturated carbocycles. The van der Waals surface area contributed by atoms with E-state index >= 15 is 0 Å². The summed E-state index contributed by atoms with van der Waals surface area (Å²) < 4.78 is 17.9. The van der Waals surface area contributed by atoms with Crippen LogP contribution in [0.3, 0.4) is 0 Å². The summed E-state index contributed by atoms with van der Waals surface area (Å²) in [5.74, 6) is 5.00. The van der Waals surface area contributed by atoms with Gasteiger partial charge in [0.05, 0.1) is 18.2 Å². The quantitative estimate of drug-likeness (QED) is 0.486. The average Bonchev–Trinajstić information content (AvgIpc) is 2.30. The maximum absolute atomic E-state index is 13.4. The standard InChI is InChI=1S/C12H11FO2S/c1-15-12(14)10-6-5-9(11(13)8-10)4-2-3-7-16/h5-6,8,16H,3,7H2,1H3. The monoisotopic (exact) mass is 238 g/mol. The molecular formula is C12H11FO2S. The molecule has 84 valence electrons. The second-order valence-electron chi connectivity index (χ2n) is 2.96. The van der Waals surface area contributed by atoms with Gasteiger partial charge in [-0.1, -0.05) is 11.8 Å². The molecule has 0 atom stereocenters.